The molecule has 0 radical (unpaired) electrons. The molecular formula is C11H14N4O. The molecule has 1 aliphatic carbocycles. The Hall–Kier alpha value is -1.67. The van der Waals surface area contributed by atoms with Crippen LogP contribution in [0.25, 0.3) is 0 Å². The summed E-state index contributed by atoms with van der Waals surface area (Å²) in [6.45, 7) is 0. The zero-order valence-electron chi connectivity index (χ0n) is 8.97. The number of hydrogen-bond acceptors (Lipinski definition) is 5. The molecule has 1 aromatic heterocycles. The van der Waals surface area contributed by atoms with Crippen LogP contribution >= 0.6 is 0 Å². The van der Waals surface area contributed by atoms with Gasteiger partial charge in [-0.3, -0.25) is 0 Å². The Kier molecular flexibility index (Phi) is 3.32. The molecule has 0 aliphatic heterocycles. The van der Waals surface area contributed by atoms with Gasteiger partial charge in [-0.05, 0) is 25.3 Å². The number of aromatic nitrogens is 2. The van der Waals surface area contributed by atoms with Gasteiger partial charge in [0.1, 0.15) is 17.9 Å². The summed E-state index contributed by atoms with van der Waals surface area (Å²) in [5, 5.41) is 8.70. The molecule has 2 rings (SSSR count). The Balaban J connectivity index is 2.05. The molecule has 1 aliphatic rings. The molecule has 0 saturated heterocycles. The summed E-state index contributed by atoms with van der Waals surface area (Å²) in [4.78, 5) is 7.95. The minimum absolute atomic E-state index is 0.0253. The van der Waals surface area contributed by atoms with E-state index in [1.54, 1.807) is 6.07 Å². The van der Waals surface area contributed by atoms with Crippen LogP contribution in [0.4, 0.5) is 0 Å². The molecule has 1 aromatic rings. The lowest BCUT2D eigenvalue weighted by Crippen LogP contribution is -2.41. The van der Waals surface area contributed by atoms with Crippen molar-refractivity contribution in [3.8, 4) is 12.1 Å². The van der Waals surface area contributed by atoms with Crippen LogP contribution in [0.2, 0.25) is 0 Å². The molecule has 2 atom stereocenters. The molecule has 0 spiro atoms. The highest BCUT2D eigenvalue weighted by molar-refractivity contribution is 5.19. The smallest absolute Gasteiger partial charge is 0.317 e. The van der Waals surface area contributed by atoms with Crippen molar-refractivity contribution >= 4 is 0 Å². The van der Waals surface area contributed by atoms with Crippen LogP contribution in [-0.2, 0) is 0 Å². The summed E-state index contributed by atoms with van der Waals surface area (Å²) in [6.07, 6.45) is 5.68. The average molecular weight is 218 g/mol. The zero-order chi connectivity index (χ0) is 11.4. The molecule has 0 bridgehead atoms. The van der Waals surface area contributed by atoms with E-state index in [0.29, 0.717) is 5.69 Å². The van der Waals surface area contributed by atoms with Gasteiger partial charge in [0.25, 0.3) is 0 Å². The fourth-order valence-electron chi connectivity index (χ4n) is 1.87. The standard InChI is InChI=1S/C11H14N4O/c12-7-8-5-6-14-11(15-8)16-10-4-2-1-3-9(10)13/h5-6,9-10H,1-4,13H2. The van der Waals surface area contributed by atoms with Crippen molar-refractivity contribution in [3.63, 3.8) is 0 Å². The van der Waals surface area contributed by atoms with E-state index in [1.165, 1.54) is 6.20 Å². The fourth-order valence-corrected chi connectivity index (χ4v) is 1.87. The van der Waals surface area contributed by atoms with Gasteiger partial charge < -0.3 is 10.5 Å². The number of nitriles is 1. The predicted octanol–water partition coefficient (Wildman–Crippen LogP) is 0.997. The van der Waals surface area contributed by atoms with Gasteiger partial charge in [-0.1, -0.05) is 6.42 Å². The maximum absolute atomic E-state index is 8.70. The maximum Gasteiger partial charge on any atom is 0.317 e. The number of rotatable bonds is 2. The third-order valence-electron chi connectivity index (χ3n) is 2.76. The Morgan fingerprint density at radius 2 is 2.25 bits per heavy atom. The van der Waals surface area contributed by atoms with Gasteiger partial charge in [0, 0.05) is 12.2 Å². The summed E-state index contributed by atoms with van der Waals surface area (Å²) in [5.74, 6) is 0. The molecular weight excluding hydrogens is 204 g/mol. The van der Waals surface area contributed by atoms with Crippen LogP contribution in [0.15, 0.2) is 12.3 Å². The highest BCUT2D eigenvalue weighted by Gasteiger charge is 2.24. The molecule has 0 aromatic carbocycles. The van der Waals surface area contributed by atoms with Crippen LogP contribution in [0.5, 0.6) is 6.01 Å². The second-order valence-electron chi connectivity index (χ2n) is 3.94. The van der Waals surface area contributed by atoms with Gasteiger partial charge in [0.2, 0.25) is 0 Å². The Labute approximate surface area is 94.3 Å². The second kappa shape index (κ2) is 4.90. The largest absolute Gasteiger partial charge is 0.458 e. The first-order valence-electron chi connectivity index (χ1n) is 5.45. The van der Waals surface area contributed by atoms with E-state index in [1.807, 2.05) is 6.07 Å². The van der Waals surface area contributed by atoms with E-state index in [2.05, 4.69) is 9.97 Å². The van der Waals surface area contributed by atoms with E-state index in [-0.39, 0.29) is 18.2 Å². The molecule has 5 heteroatoms. The first kappa shape index (κ1) is 10.8. The number of nitrogens with zero attached hydrogens (tertiary/aromatic N) is 3. The van der Waals surface area contributed by atoms with Gasteiger partial charge in [0.05, 0.1) is 0 Å². The number of ether oxygens (including phenoxy) is 1. The molecule has 1 fully saturated rings. The minimum Gasteiger partial charge on any atom is -0.458 e. The summed E-state index contributed by atoms with van der Waals surface area (Å²) in [6, 6.07) is 3.80. The summed E-state index contributed by atoms with van der Waals surface area (Å²) >= 11 is 0. The topological polar surface area (TPSA) is 84.8 Å². The molecule has 1 heterocycles. The third-order valence-corrected chi connectivity index (χ3v) is 2.76. The van der Waals surface area contributed by atoms with Crippen LogP contribution in [0.1, 0.15) is 31.4 Å². The monoisotopic (exact) mass is 218 g/mol. The summed E-state index contributed by atoms with van der Waals surface area (Å²) in [7, 11) is 0. The van der Waals surface area contributed by atoms with Gasteiger partial charge in [-0.2, -0.15) is 10.2 Å². The normalized spacial score (nSPS) is 24.8. The lowest BCUT2D eigenvalue weighted by Gasteiger charge is -2.27. The van der Waals surface area contributed by atoms with E-state index in [4.69, 9.17) is 15.7 Å². The fraction of sp³-hybridized carbons (Fsp3) is 0.545. The van der Waals surface area contributed by atoms with Gasteiger partial charge in [0.15, 0.2) is 0 Å². The van der Waals surface area contributed by atoms with Gasteiger partial charge >= 0.3 is 6.01 Å². The molecule has 2 N–H and O–H groups in total. The van der Waals surface area contributed by atoms with Crippen LogP contribution < -0.4 is 10.5 Å². The highest BCUT2D eigenvalue weighted by atomic mass is 16.5. The lowest BCUT2D eigenvalue weighted by atomic mass is 9.93. The predicted molar refractivity (Wildman–Crippen MR) is 57.6 cm³/mol. The second-order valence-corrected chi connectivity index (χ2v) is 3.94. The molecule has 16 heavy (non-hydrogen) atoms. The zero-order valence-corrected chi connectivity index (χ0v) is 8.97. The maximum atomic E-state index is 8.70. The highest BCUT2D eigenvalue weighted by Crippen LogP contribution is 2.20. The first-order valence-corrected chi connectivity index (χ1v) is 5.45. The Bertz CT molecular complexity index is 401. The summed E-state index contributed by atoms with van der Waals surface area (Å²) < 4.78 is 5.61. The van der Waals surface area contributed by atoms with E-state index >= 15 is 0 Å². The van der Waals surface area contributed by atoms with Crippen molar-refractivity contribution < 1.29 is 4.74 Å². The molecule has 0 amide bonds. The van der Waals surface area contributed by atoms with Gasteiger partial charge in [-0.25, -0.2) is 4.98 Å². The van der Waals surface area contributed by atoms with Crippen molar-refractivity contribution in [2.45, 2.75) is 37.8 Å². The van der Waals surface area contributed by atoms with E-state index in [0.717, 1.165) is 25.7 Å². The molecule has 1 saturated carbocycles. The van der Waals surface area contributed by atoms with Crippen LogP contribution in [0, 0.1) is 11.3 Å². The van der Waals surface area contributed by atoms with Crippen LogP contribution in [-0.4, -0.2) is 22.1 Å². The summed E-state index contributed by atoms with van der Waals surface area (Å²) in [5.41, 5.74) is 6.27. The lowest BCUT2D eigenvalue weighted by molar-refractivity contribution is 0.120. The number of hydrogen-bond donors (Lipinski definition) is 1. The minimum atomic E-state index is -0.0253. The molecule has 2 unspecified atom stereocenters. The van der Waals surface area contributed by atoms with Crippen molar-refractivity contribution in [1.29, 1.82) is 5.26 Å². The Morgan fingerprint density at radius 1 is 1.44 bits per heavy atom. The quantitative estimate of drug-likeness (QED) is 0.800. The molecule has 84 valence electrons. The van der Waals surface area contributed by atoms with Gasteiger partial charge in [-0.15, -0.1) is 0 Å². The van der Waals surface area contributed by atoms with Crippen molar-refractivity contribution in [2.75, 3.05) is 0 Å². The van der Waals surface area contributed by atoms with Crippen molar-refractivity contribution in [3.05, 3.63) is 18.0 Å². The van der Waals surface area contributed by atoms with Crippen molar-refractivity contribution in [2.24, 2.45) is 5.73 Å². The molecule has 5 nitrogen and oxygen atoms in total. The third kappa shape index (κ3) is 2.47. The SMILES string of the molecule is N#Cc1ccnc(OC2CCCCC2N)n1. The number of nitrogens with two attached hydrogens (primary N) is 1. The average Bonchev–Trinajstić information content (AvgIpc) is 2.32. The first-order chi connectivity index (χ1) is 7.79. The van der Waals surface area contributed by atoms with E-state index < -0.39 is 0 Å². The van der Waals surface area contributed by atoms with Crippen molar-refractivity contribution in [1.82, 2.24) is 9.97 Å². The van der Waals surface area contributed by atoms with Crippen LogP contribution in [0.3, 0.4) is 0 Å². The van der Waals surface area contributed by atoms with E-state index in [9.17, 15) is 0 Å². The Morgan fingerprint density at radius 3 is 3.00 bits per heavy atom.